The van der Waals surface area contributed by atoms with E-state index in [2.05, 4.69) is 0 Å². The third-order valence-electron chi connectivity index (χ3n) is 3.19. The van der Waals surface area contributed by atoms with Crippen molar-refractivity contribution in [3.05, 3.63) is 35.9 Å². The molecule has 102 valence electrons. The molecule has 1 atom stereocenters. The second-order valence-corrected chi connectivity index (χ2v) is 4.67. The van der Waals surface area contributed by atoms with Crippen molar-refractivity contribution in [3.63, 3.8) is 0 Å². The number of likely N-dealkylation sites (tertiary alicyclic amines) is 1. The molecule has 1 saturated heterocycles. The van der Waals surface area contributed by atoms with Crippen LogP contribution < -0.4 is 5.73 Å². The van der Waals surface area contributed by atoms with Crippen molar-refractivity contribution < 1.29 is 19.4 Å². The van der Waals surface area contributed by atoms with Gasteiger partial charge < -0.3 is 20.5 Å². The summed E-state index contributed by atoms with van der Waals surface area (Å²) < 4.78 is 5.12. The van der Waals surface area contributed by atoms with Crippen LogP contribution in [0.5, 0.6) is 0 Å². The van der Waals surface area contributed by atoms with Crippen molar-refractivity contribution in [1.82, 2.24) is 4.90 Å². The zero-order valence-corrected chi connectivity index (χ0v) is 10.4. The largest absolute Gasteiger partial charge is 0.480 e. The van der Waals surface area contributed by atoms with Gasteiger partial charge in [-0.2, -0.15) is 0 Å². The molecular weight excluding hydrogens is 248 g/mol. The van der Waals surface area contributed by atoms with Crippen molar-refractivity contribution in [3.8, 4) is 0 Å². The topological polar surface area (TPSA) is 92.9 Å². The first-order valence-corrected chi connectivity index (χ1v) is 5.99. The zero-order chi connectivity index (χ0) is 13.9. The number of nitrogens with zero attached hydrogens (tertiary/aromatic N) is 1. The fourth-order valence-corrected chi connectivity index (χ4v) is 1.97. The van der Waals surface area contributed by atoms with Crippen molar-refractivity contribution >= 4 is 12.1 Å². The average molecular weight is 264 g/mol. The molecule has 3 N–H and O–H groups in total. The minimum absolute atomic E-state index is 0.0179. The van der Waals surface area contributed by atoms with E-state index in [1.807, 2.05) is 30.3 Å². The van der Waals surface area contributed by atoms with Gasteiger partial charge in [-0.1, -0.05) is 30.3 Å². The van der Waals surface area contributed by atoms with Gasteiger partial charge in [0.2, 0.25) is 0 Å². The van der Waals surface area contributed by atoms with Gasteiger partial charge >= 0.3 is 12.1 Å². The Morgan fingerprint density at radius 2 is 2.05 bits per heavy atom. The third-order valence-corrected chi connectivity index (χ3v) is 3.19. The van der Waals surface area contributed by atoms with Gasteiger partial charge in [-0.3, -0.25) is 4.79 Å². The summed E-state index contributed by atoms with van der Waals surface area (Å²) in [7, 11) is 0. The maximum absolute atomic E-state index is 11.8. The lowest BCUT2D eigenvalue weighted by molar-refractivity contribution is -0.142. The number of carboxylic acid groups (broad SMARTS) is 1. The maximum atomic E-state index is 11.8. The zero-order valence-electron chi connectivity index (χ0n) is 10.4. The second kappa shape index (κ2) is 5.27. The highest BCUT2D eigenvalue weighted by Crippen LogP contribution is 2.20. The van der Waals surface area contributed by atoms with Gasteiger partial charge in [0.1, 0.15) is 12.1 Å². The van der Waals surface area contributed by atoms with Crippen LogP contribution in [0.1, 0.15) is 12.0 Å². The van der Waals surface area contributed by atoms with Gasteiger partial charge in [-0.15, -0.1) is 0 Å². The normalized spacial score (nSPS) is 22.3. The highest BCUT2D eigenvalue weighted by Gasteiger charge is 2.43. The van der Waals surface area contributed by atoms with E-state index >= 15 is 0 Å². The molecule has 1 aromatic carbocycles. The molecule has 2 rings (SSSR count). The number of carboxylic acids is 1. The van der Waals surface area contributed by atoms with Gasteiger partial charge in [-0.05, 0) is 12.0 Å². The first kappa shape index (κ1) is 13.4. The lowest BCUT2D eigenvalue weighted by atomic mass is 10.0. The standard InChI is InChI=1S/C13H16N2O4/c14-13(11(16)17)6-7-15(9-13)12(18)19-8-10-4-2-1-3-5-10/h1-5H,6-9,14H2,(H,16,17)/t13-/m0/s1. The molecule has 6 nitrogen and oxygen atoms in total. The summed E-state index contributed by atoms with van der Waals surface area (Å²) in [4.78, 5) is 24.1. The first-order chi connectivity index (χ1) is 9.01. The molecule has 0 bridgehead atoms. The molecule has 1 aliphatic heterocycles. The van der Waals surface area contributed by atoms with Crippen LogP contribution in [0.4, 0.5) is 4.79 Å². The van der Waals surface area contributed by atoms with Crippen LogP contribution in [0.25, 0.3) is 0 Å². The number of hydrogen-bond donors (Lipinski definition) is 2. The van der Waals surface area contributed by atoms with E-state index in [9.17, 15) is 9.59 Å². The predicted octanol–water partition coefficient (Wildman–Crippen LogP) is 0.811. The van der Waals surface area contributed by atoms with Crippen molar-refractivity contribution in [2.75, 3.05) is 13.1 Å². The van der Waals surface area contributed by atoms with Gasteiger partial charge in [-0.25, -0.2) is 4.79 Å². The molecule has 0 radical (unpaired) electrons. The number of benzene rings is 1. The van der Waals surface area contributed by atoms with Gasteiger partial charge in [0.15, 0.2) is 0 Å². The monoisotopic (exact) mass is 264 g/mol. The fourth-order valence-electron chi connectivity index (χ4n) is 1.97. The Kier molecular flexibility index (Phi) is 3.71. The molecule has 1 amide bonds. The average Bonchev–Trinajstić information content (AvgIpc) is 2.81. The number of rotatable bonds is 3. The first-order valence-electron chi connectivity index (χ1n) is 5.99. The van der Waals surface area contributed by atoms with Gasteiger partial charge in [0.25, 0.3) is 0 Å². The Morgan fingerprint density at radius 3 is 2.63 bits per heavy atom. The van der Waals surface area contributed by atoms with Crippen LogP contribution in [0.2, 0.25) is 0 Å². The summed E-state index contributed by atoms with van der Waals surface area (Å²) in [5, 5.41) is 8.98. The van der Waals surface area contributed by atoms with Crippen LogP contribution in [-0.2, 0) is 16.1 Å². The van der Waals surface area contributed by atoms with E-state index in [0.717, 1.165) is 5.56 Å². The SMILES string of the molecule is N[C@@]1(C(=O)O)CCN(C(=O)OCc2ccccc2)C1. The number of amides is 1. The molecule has 1 aliphatic rings. The molecule has 0 saturated carbocycles. The number of carbonyl (C=O) groups is 2. The number of carbonyl (C=O) groups excluding carboxylic acids is 1. The molecule has 1 heterocycles. The van der Waals surface area contributed by atoms with Crippen LogP contribution >= 0.6 is 0 Å². The van der Waals surface area contributed by atoms with Crippen LogP contribution in [0.3, 0.4) is 0 Å². The molecule has 19 heavy (non-hydrogen) atoms. The summed E-state index contributed by atoms with van der Waals surface area (Å²) in [5.41, 5.74) is 5.21. The molecule has 1 aromatic rings. The second-order valence-electron chi connectivity index (χ2n) is 4.67. The number of ether oxygens (including phenoxy) is 1. The van der Waals surface area contributed by atoms with Gasteiger partial charge in [0, 0.05) is 6.54 Å². The summed E-state index contributed by atoms with van der Waals surface area (Å²) in [6.07, 6.45) is -0.291. The maximum Gasteiger partial charge on any atom is 0.410 e. The summed E-state index contributed by atoms with van der Waals surface area (Å²) in [6.45, 7) is 0.452. The Balaban J connectivity index is 1.87. The van der Waals surface area contributed by atoms with E-state index in [0.29, 0.717) is 6.54 Å². The molecular formula is C13H16N2O4. The quantitative estimate of drug-likeness (QED) is 0.842. The molecule has 0 aliphatic carbocycles. The Morgan fingerprint density at radius 1 is 1.37 bits per heavy atom. The Bertz CT molecular complexity index is 477. The smallest absolute Gasteiger partial charge is 0.410 e. The van der Waals surface area contributed by atoms with Crippen LogP contribution in [0, 0.1) is 0 Å². The fraction of sp³-hybridized carbons (Fsp3) is 0.385. The summed E-state index contributed by atoms with van der Waals surface area (Å²) in [5.74, 6) is -1.09. The highest BCUT2D eigenvalue weighted by molar-refractivity contribution is 5.81. The summed E-state index contributed by atoms with van der Waals surface area (Å²) in [6, 6.07) is 9.29. The highest BCUT2D eigenvalue weighted by atomic mass is 16.6. The van der Waals surface area contributed by atoms with E-state index < -0.39 is 17.6 Å². The molecule has 1 fully saturated rings. The summed E-state index contributed by atoms with van der Waals surface area (Å²) >= 11 is 0. The van der Waals surface area contributed by atoms with E-state index in [1.165, 1.54) is 4.90 Å². The molecule has 6 heteroatoms. The van der Waals surface area contributed by atoms with E-state index in [4.69, 9.17) is 15.6 Å². The molecule has 0 spiro atoms. The minimum Gasteiger partial charge on any atom is -0.480 e. The number of hydrogen-bond acceptors (Lipinski definition) is 4. The van der Waals surface area contributed by atoms with Crippen molar-refractivity contribution in [2.24, 2.45) is 5.73 Å². The number of aliphatic carboxylic acids is 1. The lowest BCUT2D eigenvalue weighted by Gasteiger charge is -2.19. The third kappa shape index (κ3) is 3.03. The predicted molar refractivity (Wildman–Crippen MR) is 67.4 cm³/mol. The van der Waals surface area contributed by atoms with Crippen molar-refractivity contribution in [2.45, 2.75) is 18.6 Å². The van der Waals surface area contributed by atoms with Crippen LogP contribution in [-0.4, -0.2) is 40.7 Å². The van der Waals surface area contributed by atoms with Crippen LogP contribution in [0.15, 0.2) is 30.3 Å². The minimum atomic E-state index is -1.36. The van der Waals surface area contributed by atoms with Gasteiger partial charge in [0.05, 0.1) is 6.54 Å². The lowest BCUT2D eigenvalue weighted by Crippen LogP contribution is -2.50. The van der Waals surface area contributed by atoms with E-state index in [-0.39, 0.29) is 19.6 Å². The number of nitrogens with two attached hydrogens (primary N) is 1. The Labute approximate surface area is 110 Å². The Hall–Kier alpha value is -2.08. The van der Waals surface area contributed by atoms with Crippen molar-refractivity contribution in [1.29, 1.82) is 0 Å². The molecule has 0 aromatic heterocycles. The van der Waals surface area contributed by atoms with E-state index in [1.54, 1.807) is 0 Å². The molecule has 0 unspecified atom stereocenters.